The third kappa shape index (κ3) is 4.19. The Bertz CT molecular complexity index is 1750. The van der Waals surface area contributed by atoms with E-state index >= 15 is 0 Å². The molecule has 0 radical (unpaired) electrons. The molecule has 0 unspecified atom stereocenters. The Labute approximate surface area is 232 Å². The number of aromatic nitrogens is 6. The Morgan fingerprint density at radius 1 is 1.12 bits per heavy atom. The highest BCUT2D eigenvalue weighted by Crippen LogP contribution is 2.32. The van der Waals surface area contributed by atoms with Crippen molar-refractivity contribution in [2.24, 2.45) is 0 Å². The van der Waals surface area contributed by atoms with Crippen molar-refractivity contribution in [3.05, 3.63) is 65.1 Å². The zero-order valence-corrected chi connectivity index (χ0v) is 23.6. The number of morpholine rings is 1. The van der Waals surface area contributed by atoms with Crippen molar-refractivity contribution in [3.8, 4) is 22.8 Å². The van der Waals surface area contributed by atoms with Gasteiger partial charge in [0.25, 0.3) is 5.91 Å². The predicted molar refractivity (Wildman–Crippen MR) is 152 cm³/mol. The smallest absolute Gasteiger partial charge is 0.256 e. The van der Waals surface area contributed by atoms with Crippen molar-refractivity contribution in [1.29, 1.82) is 0 Å². The number of pyridine rings is 2. The van der Waals surface area contributed by atoms with E-state index in [-0.39, 0.29) is 5.91 Å². The first-order valence-corrected chi connectivity index (χ1v) is 13.6. The molecule has 0 N–H and O–H groups in total. The summed E-state index contributed by atoms with van der Waals surface area (Å²) in [7, 11) is 1.64. The van der Waals surface area contributed by atoms with Gasteiger partial charge in [0.05, 0.1) is 66.3 Å². The van der Waals surface area contributed by atoms with E-state index in [0.717, 1.165) is 68.7 Å². The summed E-state index contributed by atoms with van der Waals surface area (Å²) in [6.45, 7) is 10.5. The summed E-state index contributed by atoms with van der Waals surface area (Å²) in [6, 6.07) is 3.83. The fourth-order valence-corrected chi connectivity index (χ4v) is 5.71. The van der Waals surface area contributed by atoms with Gasteiger partial charge in [-0.1, -0.05) is 13.3 Å². The normalized spacial score (nSPS) is 13.9. The van der Waals surface area contributed by atoms with E-state index < -0.39 is 0 Å². The standard InChI is InChI=1S/C30H33N7O3/c1-6-7-23-29-18(2)28(30(38)35-10-12-40-13-11-35)20(4)36(29)17-27(34-23)37-25-14-24(33-19(3)21(25)16-32-37)22-15-31-9-8-26(22)39-5/h8-9,14-17H,6-7,10-13H2,1-5H3. The average Bonchev–Trinajstić information content (AvgIpc) is 3.52. The molecule has 0 spiro atoms. The van der Waals surface area contributed by atoms with Crippen LogP contribution in [0.3, 0.4) is 0 Å². The van der Waals surface area contributed by atoms with Gasteiger partial charge >= 0.3 is 0 Å². The topological polar surface area (TPSA) is 99.7 Å². The zero-order chi connectivity index (χ0) is 28.0. The fourth-order valence-electron chi connectivity index (χ4n) is 5.71. The van der Waals surface area contributed by atoms with E-state index in [1.165, 1.54) is 0 Å². The van der Waals surface area contributed by atoms with Crippen molar-refractivity contribution in [2.75, 3.05) is 33.4 Å². The minimum absolute atomic E-state index is 0.0484. The van der Waals surface area contributed by atoms with Crippen LogP contribution in [0.5, 0.6) is 5.75 Å². The van der Waals surface area contributed by atoms with Gasteiger partial charge in [-0.05, 0) is 44.9 Å². The Morgan fingerprint density at radius 3 is 2.67 bits per heavy atom. The van der Waals surface area contributed by atoms with Gasteiger partial charge < -0.3 is 18.8 Å². The molecule has 1 aliphatic heterocycles. The molecule has 5 aromatic rings. The highest BCUT2D eigenvalue weighted by molar-refractivity contribution is 5.99. The van der Waals surface area contributed by atoms with Crippen molar-refractivity contribution in [1.82, 2.24) is 34.0 Å². The zero-order valence-electron chi connectivity index (χ0n) is 23.6. The summed E-state index contributed by atoms with van der Waals surface area (Å²) in [4.78, 5) is 29.7. The van der Waals surface area contributed by atoms with Gasteiger partial charge in [-0.15, -0.1) is 0 Å². The van der Waals surface area contributed by atoms with E-state index in [9.17, 15) is 4.79 Å². The van der Waals surface area contributed by atoms with Crippen LogP contribution in [-0.2, 0) is 11.2 Å². The molecule has 6 heterocycles. The van der Waals surface area contributed by atoms with Crippen LogP contribution in [-0.4, -0.2) is 73.4 Å². The van der Waals surface area contributed by atoms with E-state index in [4.69, 9.17) is 24.5 Å². The molecule has 0 saturated carbocycles. The Kier molecular flexibility index (Phi) is 6.71. The van der Waals surface area contributed by atoms with Gasteiger partial charge in [0.15, 0.2) is 5.82 Å². The molecule has 10 nitrogen and oxygen atoms in total. The molecule has 1 aliphatic rings. The van der Waals surface area contributed by atoms with E-state index in [0.29, 0.717) is 37.9 Å². The fraction of sp³-hybridized carbons (Fsp3) is 0.367. The monoisotopic (exact) mass is 539 g/mol. The van der Waals surface area contributed by atoms with Crippen LogP contribution < -0.4 is 4.74 Å². The number of methoxy groups -OCH3 is 1. The lowest BCUT2D eigenvalue weighted by atomic mass is 10.1. The number of aryl methyl sites for hydroxylation is 4. The number of rotatable bonds is 6. The van der Waals surface area contributed by atoms with Gasteiger partial charge in [0.2, 0.25) is 0 Å². The summed E-state index contributed by atoms with van der Waals surface area (Å²) in [5, 5.41) is 5.68. The molecule has 40 heavy (non-hydrogen) atoms. The first-order valence-electron chi connectivity index (χ1n) is 13.6. The highest BCUT2D eigenvalue weighted by atomic mass is 16.5. The number of carbonyl (C=O) groups is 1. The van der Waals surface area contributed by atoms with Crippen molar-refractivity contribution >= 4 is 22.3 Å². The lowest BCUT2D eigenvalue weighted by molar-refractivity contribution is 0.0302. The lowest BCUT2D eigenvalue weighted by Crippen LogP contribution is -2.41. The highest BCUT2D eigenvalue weighted by Gasteiger charge is 2.27. The average molecular weight is 540 g/mol. The van der Waals surface area contributed by atoms with Crippen molar-refractivity contribution in [2.45, 2.75) is 40.5 Å². The lowest BCUT2D eigenvalue weighted by Gasteiger charge is -2.27. The molecule has 0 bridgehead atoms. The Hall–Kier alpha value is -4.31. The number of hydrogen-bond acceptors (Lipinski definition) is 7. The van der Waals surface area contributed by atoms with Gasteiger partial charge in [0, 0.05) is 42.3 Å². The third-order valence-corrected chi connectivity index (χ3v) is 7.71. The van der Waals surface area contributed by atoms with Crippen LogP contribution in [0, 0.1) is 20.8 Å². The van der Waals surface area contributed by atoms with Crippen LogP contribution >= 0.6 is 0 Å². The largest absolute Gasteiger partial charge is 0.496 e. The second kappa shape index (κ2) is 10.3. The third-order valence-electron chi connectivity index (χ3n) is 7.71. The molecular formula is C30H33N7O3. The predicted octanol–water partition coefficient (Wildman–Crippen LogP) is 4.49. The summed E-state index contributed by atoms with van der Waals surface area (Å²) in [5.41, 5.74) is 7.85. The first-order chi connectivity index (χ1) is 19.4. The molecular weight excluding hydrogens is 506 g/mol. The molecule has 1 fully saturated rings. The van der Waals surface area contributed by atoms with Gasteiger partial charge in [-0.2, -0.15) is 5.10 Å². The molecule has 0 aromatic carbocycles. The summed E-state index contributed by atoms with van der Waals surface area (Å²) in [5.74, 6) is 1.43. The van der Waals surface area contributed by atoms with E-state index in [1.54, 1.807) is 19.5 Å². The summed E-state index contributed by atoms with van der Waals surface area (Å²) < 4.78 is 15.0. The molecule has 206 valence electrons. The Morgan fingerprint density at radius 2 is 1.93 bits per heavy atom. The minimum Gasteiger partial charge on any atom is -0.496 e. The van der Waals surface area contributed by atoms with Crippen LogP contribution in [0.15, 0.2) is 36.9 Å². The summed E-state index contributed by atoms with van der Waals surface area (Å²) >= 11 is 0. The summed E-state index contributed by atoms with van der Waals surface area (Å²) in [6.07, 6.45) is 8.98. The van der Waals surface area contributed by atoms with Crippen LogP contribution in [0.25, 0.3) is 33.5 Å². The molecule has 1 saturated heterocycles. The molecule has 5 aromatic heterocycles. The SMILES string of the molecule is CCCc1nc(-n2ncc3c(C)nc(-c4cnccc4OC)cc32)cn2c(C)c(C(=O)N3CCOCC3)c(C)c12. The first kappa shape index (κ1) is 25.9. The number of amides is 1. The number of carbonyl (C=O) groups excluding carboxylic acids is 1. The second-order valence-electron chi connectivity index (χ2n) is 10.2. The van der Waals surface area contributed by atoms with Gasteiger partial charge in [0.1, 0.15) is 5.75 Å². The number of hydrogen-bond donors (Lipinski definition) is 0. The number of fused-ring (bicyclic) bond motifs is 2. The number of nitrogens with zero attached hydrogens (tertiary/aromatic N) is 7. The maximum absolute atomic E-state index is 13.6. The quantitative estimate of drug-likeness (QED) is 0.313. The van der Waals surface area contributed by atoms with E-state index in [1.807, 2.05) is 54.9 Å². The Balaban J connectivity index is 1.54. The minimum atomic E-state index is 0.0484. The second-order valence-corrected chi connectivity index (χ2v) is 10.2. The van der Waals surface area contributed by atoms with Crippen LogP contribution in [0.2, 0.25) is 0 Å². The van der Waals surface area contributed by atoms with Crippen molar-refractivity contribution in [3.63, 3.8) is 0 Å². The van der Waals surface area contributed by atoms with Crippen LogP contribution in [0.4, 0.5) is 0 Å². The molecule has 0 aliphatic carbocycles. The van der Waals surface area contributed by atoms with Gasteiger partial charge in [-0.3, -0.25) is 14.8 Å². The maximum Gasteiger partial charge on any atom is 0.256 e. The van der Waals surface area contributed by atoms with E-state index in [2.05, 4.69) is 16.3 Å². The van der Waals surface area contributed by atoms with Crippen LogP contribution in [0.1, 0.15) is 46.3 Å². The van der Waals surface area contributed by atoms with Crippen molar-refractivity contribution < 1.29 is 14.3 Å². The molecule has 6 rings (SSSR count). The van der Waals surface area contributed by atoms with Gasteiger partial charge in [-0.25, -0.2) is 9.67 Å². The molecule has 10 heteroatoms. The number of ether oxygens (including phenoxy) is 2. The molecule has 0 atom stereocenters. The molecule has 1 amide bonds. The maximum atomic E-state index is 13.6.